The highest BCUT2D eigenvalue weighted by atomic mass is 16.5. The van der Waals surface area contributed by atoms with E-state index in [4.69, 9.17) is 9.47 Å². The lowest BCUT2D eigenvalue weighted by molar-refractivity contribution is -0.159. The Morgan fingerprint density at radius 2 is 1.07 bits per heavy atom. The second kappa shape index (κ2) is 8.33. The summed E-state index contributed by atoms with van der Waals surface area (Å²) in [4.78, 5) is 79.7. The van der Waals surface area contributed by atoms with Crippen LogP contribution < -0.4 is 9.47 Å². The van der Waals surface area contributed by atoms with Crippen LogP contribution >= 0.6 is 0 Å². The van der Waals surface area contributed by atoms with E-state index in [1.165, 1.54) is 18.2 Å². The molecule has 4 bridgehead atoms. The van der Waals surface area contributed by atoms with Crippen molar-refractivity contribution in [2.75, 3.05) is 0 Å². The number of hydrogen-bond donors (Lipinski definition) is 0. The Labute approximate surface area is 244 Å². The molecule has 4 atom stereocenters. The van der Waals surface area contributed by atoms with Gasteiger partial charge in [-0.2, -0.15) is 0 Å². The van der Waals surface area contributed by atoms with E-state index >= 15 is 0 Å². The molecule has 0 heterocycles. The average Bonchev–Trinajstić information content (AvgIpc) is 3.39. The van der Waals surface area contributed by atoms with Gasteiger partial charge in [0.05, 0.1) is 0 Å². The number of carbonyl (C=O) groups is 6. The molecule has 0 saturated heterocycles. The molecule has 218 valence electrons. The zero-order valence-corrected chi connectivity index (χ0v) is 24.7. The van der Waals surface area contributed by atoms with Crippen LogP contribution in [0.1, 0.15) is 67.2 Å². The van der Waals surface area contributed by atoms with Crippen molar-refractivity contribution in [3.05, 3.63) is 48.5 Å². The van der Waals surface area contributed by atoms with Crippen molar-refractivity contribution >= 4 is 35.1 Å². The summed E-state index contributed by atoms with van der Waals surface area (Å²) in [5.74, 6) is -3.80. The topological polar surface area (TPSA) is 121 Å². The first kappa shape index (κ1) is 28.2. The molecule has 4 fully saturated rings. The van der Waals surface area contributed by atoms with E-state index in [9.17, 15) is 28.8 Å². The maximum absolute atomic E-state index is 13.8. The zero-order chi connectivity index (χ0) is 30.7. The van der Waals surface area contributed by atoms with Crippen molar-refractivity contribution in [2.45, 2.75) is 67.2 Å². The van der Waals surface area contributed by atoms with E-state index in [0.29, 0.717) is 24.0 Å². The van der Waals surface area contributed by atoms with E-state index in [0.717, 1.165) is 0 Å². The number of ether oxygens (including phenoxy) is 2. The van der Waals surface area contributed by atoms with Gasteiger partial charge in [0.1, 0.15) is 22.3 Å². The number of esters is 2. The summed E-state index contributed by atoms with van der Waals surface area (Å²) in [7, 11) is 0. The van der Waals surface area contributed by atoms with Gasteiger partial charge in [-0.3, -0.25) is 28.8 Å². The van der Waals surface area contributed by atoms with Crippen molar-refractivity contribution in [3.8, 4) is 22.6 Å². The molecule has 0 aromatic heterocycles. The first-order valence-electron chi connectivity index (χ1n) is 14.4. The molecule has 2 aromatic carbocycles. The Morgan fingerprint density at radius 3 is 1.52 bits per heavy atom. The van der Waals surface area contributed by atoms with Crippen LogP contribution in [0.25, 0.3) is 11.1 Å². The second-order valence-electron chi connectivity index (χ2n) is 13.8. The minimum Gasteiger partial charge on any atom is -0.426 e. The number of Topliss-reactive ketones (excluding diaryl/α,β-unsaturated/α-hetero) is 4. The summed E-state index contributed by atoms with van der Waals surface area (Å²) >= 11 is 0. The third kappa shape index (κ3) is 2.93. The molecular formula is C34H34O8. The van der Waals surface area contributed by atoms with E-state index in [2.05, 4.69) is 0 Å². The molecule has 6 rings (SSSR count). The van der Waals surface area contributed by atoms with Crippen LogP contribution in [0, 0.1) is 32.5 Å². The van der Waals surface area contributed by atoms with Gasteiger partial charge >= 0.3 is 11.9 Å². The van der Waals surface area contributed by atoms with Gasteiger partial charge in [-0.25, -0.2) is 0 Å². The summed E-state index contributed by atoms with van der Waals surface area (Å²) in [6, 6.07) is 13.5. The number of fused-ring (bicyclic) bond motifs is 4. The molecule has 4 aliphatic rings. The summed E-state index contributed by atoms with van der Waals surface area (Å²) in [6.45, 7) is 10.6. The van der Waals surface area contributed by atoms with Gasteiger partial charge in [-0.15, -0.1) is 0 Å². The van der Waals surface area contributed by atoms with Crippen LogP contribution in [0.3, 0.4) is 0 Å². The first-order chi connectivity index (χ1) is 19.5. The van der Waals surface area contributed by atoms with Gasteiger partial charge < -0.3 is 9.47 Å². The predicted molar refractivity (Wildman–Crippen MR) is 150 cm³/mol. The fraction of sp³-hybridized carbons (Fsp3) is 0.471. The Kier molecular flexibility index (Phi) is 5.59. The molecule has 4 aliphatic carbocycles. The van der Waals surface area contributed by atoms with E-state index in [1.807, 2.05) is 6.07 Å². The minimum atomic E-state index is -1.59. The SMILES string of the molecule is CC12CCC(C(=O)Oc3ccc(OC(=O)C45CCC(C)(C(=O)C4=O)C5(C)C)c(-c4ccccc4)c3)(C(=O)C1=O)C2(C)C. The van der Waals surface area contributed by atoms with Crippen LogP contribution in [0.5, 0.6) is 11.5 Å². The van der Waals surface area contributed by atoms with Gasteiger partial charge in [0.15, 0.2) is 0 Å². The van der Waals surface area contributed by atoms with Crippen molar-refractivity contribution < 1.29 is 38.2 Å². The summed E-state index contributed by atoms with van der Waals surface area (Å²) in [6.07, 6.45) is 1.28. The molecule has 0 aliphatic heterocycles. The fourth-order valence-electron chi connectivity index (χ4n) is 8.33. The average molecular weight is 571 g/mol. The lowest BCUT2D eigenvalue weighted by Crippen LogP contribution is -2.47. The van der Waals surface area contributed by atoms with Crippen molar-refractivity contribution in [3.63, 3.8) is 0 Å². The molecule has 42 heavy (non-hydrogen) atoms. The van der Waals surface area contributed by atoms with Gasteiger partial charge in [0.25, 0.3) is 0 Å². The molecular weight excluding hydrogens is 536 g/mol. The normalized spacial score (nSPS) is 33.8. The fourth-order valence-corrected chi connectivity index (χ4v) is 8.33. The van der Waals surface area contributed by atoms with Crippen LogP contribution in [0.15, 0.2) is 48.5 Å². The standard InChI is InChI=1S/C34H34O8/c1-29(2)31(5)14-16-33(29,25(37)23(31)35)27(39)41-20-12-13-22(21(18-20)19-10-8-7-9-11-19)42-28(40)34-17-15-32(6,30(34,3)4)24(36)26(34)38/h7-13,18H,14-17H2,1-6H3. The van der Waals surface area contributed by atoms with Crippen molar-refractivity contribution in [1.82, 2.24) is 0 Å². The molecule has 4 saturated carbocycles. The highest BCUT2D eigenvalue weighted by molar-refractivity contribution is 6.49. The maximum atomic E-state index is 13.8. The maximum Gasteiger partial charge on any atom is 0.326 e. The Morgan fingerprint density at radius 1 is 0.595 bits per heavy atom. The Balaban J connectivity index is 1.36. The molecule has 8 nitrogen and oxygen atoms in total. The third-order valence-corrected chi connectivity index (χ3v) is 12.2. The summed E-state index contributed by atoms with van der Waals surface area (Å²) in [5.41, 5.74) is -5.82. The number of benzene rings is 2. The van der Waals surface area contributed by atoms with Crippen molar-refractivity contribution in [1.29, 1.82) is 0 Å². The highest BCUT2D eigenvalue weighted by Gasteiger charge is 2.80. The highest BCUT2D eigenvalue weighted by Crippen LogP contribution is 2.70. The molecule has 8 heteroatoms. The van der Waals surface area contributed by atoms with Gasteiger partial charge in [-0.05, 0) is 49.4 Å². The largest absolute Gasteiger partial charge is 0.426 e. The molecule has 4 unspecified atom stereocenters. The molecule has 0 radical (unpaired) electrons. The smallest absolute Gasteiger partial charge is 0.326 e. The van der Waals surface area contributed by atoms with Gasteiger partial charge in [0, 0.05) is 27.2 Å². The number of hydrogen-bond acceptors (Lipinski definition) is 8. The number of rotatable bonds is 5. The van der Waals surface area contributed by atoms with Crippen LogP contribution in [0.4, 0.5) is 0 Å². The lowest BCUT2D eigenvalue weighted by Gasteiger charge is -2.36. The zero-order valence-electron chi connectivity index (χ0n) is 24.7. The third-order valence-electron chi connectivity index (χ3n) is 12.2. The predicted octanol–water partition coefficient (Wildman–Crippen LogP) is 5.09. The second-order valence-corrected chi connectivity index (χ2v) is 13.8. The Bertz CT molecular complexity index is 1630. The van der Waals surface area contributed by atoms with Crippen LogP contribution in [-0.4, -0.2) is 35.1 Å². The monoisotopic (exact) mass is 570 g/mol. The van der Waals surface area contributed by atoms with E-state index in [1.54, 1.807) is 65.8 Å². The Hall–Kier alpha value is -3.94. The van der Waals surface area contributed by atoms with Crippen molar-refractivity contribution in [2.24, 2.45) is 32.5 Å². The quantitative estimate of drug-likeness (QED) is 0.211. The van der Waals surface area contributed by atoms with Crippen LogP contribution in [-0.2, 0) is 28.8 Å². The van der Waals surface area contributed by atoms with Gasteiger partial charge in [-0.1, -0.05) is 71.9 Å². The lowest BCUT2D eigenvalue weighted by atomic mass is 9.65. The molecule has 0 amide bonds. The molecule has 2 aromatic rings. The van der Waals surface area contributed by atoms with Crippen LogP contribution in [0.2, 0.25) is 0 Å². The molecule has 0 N–H and O–H groups in total. The number of carbonyl (C=O) groups excluding carboxylic acids is 6. The number of ketones is 4. The summed E-state index contributed by atoms with van der Waals surface area (Å²) in [5, 5.41) is 0. The van der Waals surface area contributed by atoms with E-state index < -0.39 is 67.6 Å². The summed E-state index contributed by atoms with van der Waals surface area (Å²) < 4.78 is 11.8. The molecule has 0 spiro atoms. The minimum absolute atomic E-state index is 0.114. The first-order valence-corrected chi connectivity index (χ1v) is 14.4. The van der Waals surface area contributed by atoms with E-state index in [-0.39, 0.29) is 24.3 Å². The van der Waals surface area contributed by atoms with Gasteiger partial charge in [0.2, 0.25) is 23.1 Å².